The Kier molecular flexibility index (Phi) is 7.82. The van der Waals surface area contributed by atoms with Gasteiger partial charge >= 0.3 is 0 Å². The largest absolute Gasteiger partial charge is 0.405 e. The number of carbonyl (C=O) groups excluding carboxylic acids is 1. The van der Waals surface area contributed by atoms with Crippen LogP contribution < -0.4 is 16.4 Å². The monoisotopic (exact) mass is 588 g/mol. The first-order valence-corrected chi connectivity index (χ1v) is 14.6. The van der Waals surface area contributed by atoms with Crippen LogP contribution in [-0.4, -0.2) is 70.1 Å². The fraction of sp³-hybridized carbons (Fsp3) is 0.276. The number of halogens is 1. The lowest BCUT2D eigenvalue weighted by Crippen LogP contribution is -2.36. The second-order valence-corrected chi connectivity index (χ2v) is 11.3. The molecular weight excluding hydrogens is 560 g/mol. The molecule has 6 rings (SSSR count). The van der Waals surface area contributed by atoms with E-state index >= 15 is 0 Å². The molecule has 0 atom stereocenters. The molecule has 4 N–H and O–H groups in total. The Hall–Kier alpha value is -4.06. The Labute approximate surface area is 246 Å². The summed E-state index contributed by atoms with van der Waals surface area (Å²) in [7, 11) is 0. The second-order valence-electron chi connectivity index (χ2n) is 9.79. The van der Waals surface area contributed by atoms with Crippen molar-refractivity contribution < 1.29 is 9.53 Å². The zero-order valence-corrected chi connectivity index (χ0v) is 23.9. The molecule has 210 valence electrons. The number of ether oxygens (including phenoxy) is 1. The smallest absolute Gasteiger partial charge is 0.254 e. The van der Waals surface area contributed by atoms with E-state index in [2.05, 4.69) is 27.0 Å². The van der Waals surface area contributed by atoms with E-state index in [0.29, 0.717) is 54.7 Å². The van der Waals surface area contributed by atoms with E-state index in [0.717, 1.165) is 46.0 Å². The Bertz CT molecular complexity index is 1650. The molecule has 1 saturated heterocycles. The minimum absolute atomic E-state index is 0.0119. The summed E-state index contributed by atoms with van der Waals surface area (Å²) in [5.41, 5.74) is 15.5. The van der Waals surface area contributed by atoms with Gasteiger partial charge in [-0.15, -0.1) is 11.3 Å². The van der Waals surface area contributed by atoms with Gasteiger partial charge in [0.2, 0.25) is 5.95 Å². The molecule has 3 aromatic heterocycles. The van der Waals surface area contributed by atoms with Crippen molar-refractivity contribution in [3.05, 3.63) is 76.0 Å². The summed E-state index contributed by atoms with van der Waals surface area (Å²) in [6, 6.07) is 7.52. The molecule has 1 amide bonds. The van der Waals surface area contributed by atoms with E-state index < -0.39 is 0 Å². The maximum Gasteiger partial charge on any atom is 0.254 e. The van der Waals surface area contributed by atoms with Crippen molar-refractivity contribution in [2.75, 3.05) is 50.0 Å². The predicted molar refractivity (Wildman–Crippen MR) is 163 cm³/mol. The molecule has 4 aromatic rings. The van der Waals surface area contributed by atoms with Crippen LogP contribution in [0.2, 0.25) is 5.02 Å². The number of allylic oxidation sites excluding steroid dienone is 1. The Morgan fingerprint density at radius 2 is 1.93 bits per heavy atom. The number of hydrogen-bond donors (Lipinski definition) is 2. The van der Waals surface area contributed by atoms with E-state index in [1.165, 1.54) is 11.8 Å². The quantitative estimate of drug-likeness (QED) is 0.340. The first kappa shape index (κ1) is 27.1. The number of fused-ring (bicyclic) bond motifs is 1. The number of carbonyl (C=O) groups is 1. The second kappa shape index (κ2) is 11.8. The van der Waals surface area contributed by atoms with Gasteiger partial charge in [0.1, 0.15) is 0 Å². The summed E-state index contributed by atoms with van der Waals surface area (Å²) >= 11 is 8.00. The summed E-state index contributed by atoms with van der Waals surface area (Å²) < 4.78 is 6.61. The van der Waals surface area contributed by atoms with Gasteiger partial charge in [-0.25, -0.2) is 19.9 Å². The molecule has 0 unspecified atom stereocenters. The molecule has 12 heteroatoms. The van der Waals surface area contributed by atoms with Crippen molar-refractivity contribution in [3.8, 4) is 11.4 Å². The van der Waals surface area contributed by atoms with Gasteiger partial charge in [0.25, 0.3) is 5.91 Å². The van der Waals surface area contributed by atoms with Crippen LogP contribution in [-0.2, 0) is 11.2 Å². The van der Waals surface area contributed by atoms with Crippen LogP contribution in [0.3, 0.4) is 0 Å². The molecule has 0 aliphatic carbocycles. The number of nitrogens with zero attached hydrogens (tertiary/aromatic N) is 6. The normalized spacial score (nSPS) is 16.0. The van der Waals surface area contributed by atoms with Crippen molar-refractivity contribution in [3.63, 3.8) is 0 Å². The number of nitrogen functional groups attached to an aromatic ring is 1. The van der Waals surface area contributed by atoms with Gasteiger partial charge in [0, 0.05) is 54.0 Å². The summed E-state index contributed by atoms with van der Waals surface area (Å²) in [6.45, 7) is 3.96. The number of amides is 1. The lowest BCUT2D eigenvalue weighted by atomic mass is 10.0. The van der Waals surface area contributed by atoms with Crippen molar-refractivity contribution in [2.24, 2.45) is 5.73 Å². The average molecular weight is 589 g/mol. The van der Waals surface area contributed by atoms with Crippen LogP contribution in [0.25, 0.3) is 27.2 Å². The van der Waals surface area contributed by atoms with E-state index in [9.17, 15) is 4.79 Å². The van der Waals surface area contributed by atoms with Crippen LogP contribution in [0.15, 0.2) is 55.0 Å². The third kappa shape index (κ3) is 5.74. The van der Waals surface area contributed by atoms with E-state index in [1.54, 1.807) is 35.9 Å². The lowest BCUT2D eigenvalue weighted by molar-refractivity contribution is 0.0773. The number of hydrogen-bond acceptors (Lipinski definition) is 10. The molecule has 41 heavy (non-hydrogen) atoms. The first-order valence-electron chi connectivity index (χ1n) is 13.4. The minimum Gasteiger partial charge on any atom is -0.405 e. The zero-order valence-electron chi connectivity index (χ0n) is 22.3. The summed E-state index contributed by atoms with van der Waals surface area (Å²) in [6.07, 6.45) is 10.1. The Balaban J connectivity index is 1.28. The molecule has 2 aliphatic heterocycles. The number of anilines is 2. The highest BCUT2D eigenvalue weighted by Crippen LogP contribution is 2.38. The topological polar surface area (TPSA) is 136 Å². The van der Waals surface area contributed by atoms with Crippen molar-refractivity contribution in [1.29, 1.82) is 0 Å². The van der Waals surface area contributed by atoms with Crippen LogP contribution in [0, 0.1) is 0 Å². The van der Waals surface area contributed by atoms with Gasteiger partial charge in [-0.1, -0.05) is 23.8 Å². The maximum atomic E-state index is 13.3. The van der Waals surface area contributed by atoms with Gasteiger partial charge in [-0.05, 0) is 54.4 Å². The van der Waals surface area contributed by atoms with Crippen LogP contribution >= 0.6 is 22.9 Å². The first-order chi connectivity index (χ1) is 20.0. The number of thiophene rings is 1. The number of morpholine rings is 1. The number of rotatable bonds is 6. The van der Waals surface area contributed by atoms with Gasteiger partial charge in [0.15, 0.2) is 11.6 Å². The van der Waals surface area contributed by atoms with Gasteiger partial charge in [0.05, 0.1) is 29.0 Å². The molecule has 5 heterocycles. The maximum absolute atomic E-state index is 13.3. The number of aromatic nitrogens is 4. The van der Waals surface area contributed by atoms with E-state index in [1.807, 2.05) is 17.0 Å². The van der Waals surface area contributed by atoms with Crippen molar-refractivity contribution in [2.45, 2.75) is 12.8 Å². The molecule has 0 bridgehead atoms. The van der Waals surface area contributed by atoms with E-state index in [-0.39, 0.29) is 11.9 Å². The molecule has 0 radical (unpaired) electrons. The molecular formula is C29H29ClN8O2S. The molecule has 2 aliphatic rings. The van der Waals surface area contributed by atoms with Crippen molar-refractivity contribution >= 4 is 56.4 Å². The Morgan fingerprint density at radius 3 is 2.66 bits per heavy atom. The average Bonchev–Trinajstić information content (AvgIpc) is 3.45. The highest BCUT2D eigenvalue weighted by atomic mass is 35.5. The summed E-state index contributed by atoms with van der Waals surface area (Å²) in [4.78, 5) is 36.6. The third-order valence-electron chi connectivity index (χ3n) is 7.17. The SMILES string of the molecule is NC=CCc1cc(C(=O)N2CC=C(c3cc4nc(-c5cnc(N)nc5)nc(N5CCOCC5)c4s3)CC2)ccc1Cl. The highest BCUT2D eigenvalue weighted by Gasteiger charge is 2.24. The van der Waals surface area contributed by atoms with Crippen LogP contribution in [0.4, 0.5) is 11.8 Å². The lowest BCUT2D eigenvalue weighted by Gasteiger charge is -2.28. The number of nitrogens with two attached hydrogens (primary N) is 2. The molecule has 1 aromatic carbocycles. The van der Waals surface area contributed by atoms with Crippen molar-refractivity contribution in [1.82, 2.24) is 24.8 Å². The molecule has 0 saturated carbocycles. The molecule has 1 fully saturated rings. The molecule has 0 spiro atoms. The fourth-order valence-electron chi connectivity index (χ4n) is 4.96. The zero-order chi connectivity index (χ0) is 28.3. The molecule has 10 nitrogen and oxygen atoms in total. The van der Waals surface area contributed by atoms with Crippen LogP contribution in [0.1, 0.15) is 27.2 Å². The van der Waals surface area contributed by atoms with Gasteiger partial charge in [-0.2, -0.15) is 0 Å². The number of benzene rings is 1. The van der Waals surface area contributed by atoms with Gasteiger partial charge in [-0.3, -0.25) is 4.79 Å². The highest BCUT2D eigenvalue weighted by molar-refractivity contribution is 7.20. The minimum atomic E-state index is -0.0119. The standard InChI is InChI=1S/C29H29ClN8O2S/c30-22-4-3-20(14-19(22)2-1-7-31)28(39)38-8-5-18(6-9-38)24-15-23-25(41-24)27(37-10-12-40-13-11-37)36-26(35-23)21-16-33-29(32)34-17-21/h1,3-5,7,14-17H,2,6,8-13,31H2,(H2,32,33,34). The fourth-order valence-corrected chi connectivity index (χ4v) is 6.34. The van der Waals surface area contributed by atoms with Crippen LogP contribution in [0.5, 0.6) is 0 Å². The summed E-state index contributed by atoms with van der Waals surface area (Å²) in [5, 5.41) is 0.622. The third-order valence-corrected chi connectivity index (χ3v) is 8.74. The summed E-state index contributed by atoms with van der Waals surface area (Å²) in [5.74, 6) is 1.64. The van der Waals surface area contributed by atoms with E-state index in [4.69, 9.17) is 37.8 Å². The Morgan fingerprint density at radius 1 is 1.12 bits per heavy atom. The van der Waals surface area contributed by atoms with Gasteiger partial charge < -0.3 is 26.0 Å². The predicted octanol–water partition coefficient (Wildman–Crippen LogP) is 4.16.